The van der Waals surface area contributed by atoms with Gasteiger partial charge in [0, 0.05) is 30.1 Å². The van der Waals surface area contributed by atoms with Gasteiger partial charge in [-0.25, -0.2) is 0 Å². The van der Waals surface area contributed by atoms with Crippen molar-refractivity contribution in [2.75, 3.05) is 7.05 Å². The molecular weight excluding hydrogens is 334 g/mol. The molecule has 2 aliphatic carbocycles. The lowest BCUT2D eigenvalue weighted by Gasteiger charge is -2.24. The van der Waals surface area contributed by atoms with Crippen molar-refractivity contribution in [3.63, 3.8) is 0 Å². The van der Waals surface area contributed by atoms with Gasteiger partial charge >= 0.3 is 0 Å². The van der Waals surface area contributed by atoms with E-state index >= 15 is 0 Å². The van der Waals surface area contributed by atoms with Gasteiger partial charge in [-0.2, -0.15) is 0 Å². The van der Waals surface area contributed by atoms with E-state index in [1.165, 1.54) is 12.8 Å². The molecule has 2 aliphatic rings. The molecule has 2 heterocycles. The van der Waals surface area contributed by atoms with E-state index in [1.54, 1.807) is 12.4 Å². The molecule has 0 radical (unpaired) electrons. The maximum absolute atomic E-state index is 9.76. The monoisotopic (exact) mass is 359 g/mol. The van der Waals surface area contributed by atoms with E-state index in [4.69, 9.17) is 14.4 Å². The molecule has 26 heavy (non-hydrogen) atoms. The van der Waals surface area contributed by atoms with Gasteiger partial charge in [-0.3, -0.25) is 14.7 Å². The summed E-state index contributed by atoms with van der Waals surface area (Å²) in [6.07, 6.45) is 7.84. The number of hydrogen-bond donors (Lipinski definition) is 2. The second-order valence-electron chi connectivity index (χ2n) is 7.21. The highest BCUT2D eigenvalue weighted by atomic mass is 16.5. The minimum Gasteiger partial charge on any atom is -0.483 e. The van der Waals surface area contributed by atoms with Gasteiger partial charge in [0.25, 0.3) is 6.47 Å². The average molecular weight is 359 g/mol. The predicted octanol–water partition coefficient (Wildman–Crippen LogP) is 2.42. The number of aliphatic hydroxyl groups excluding tert-OH is 1. The van der Waals surface area contributed by atoms with Crippen LogP contribution in [0.3, 0.4) is 0 Å². The lowest BCUT2D eigenvalue weighted by atomic mass is 10.0. The van der Waals surface area contributed by atoms with Crippen LogP contribution in [0.1, 0.15) is 31.4 Å². The molecule has 2 aromatic rings. The predicted molar refractivity (Wildman–Crippen MR) is 95.1 cm³/mol. The molecule has 2 saturated carbocycles. The first-order valence-electron chi connectivity index (χ1n) is 8.92. The number of aliphatic hydroxyl groups is 1. The maximum atomic E-state index is 9.76. The van der Waals surface area contributed by atoms with Crippen LogP contribution < -0.4 is 0 Å². The Hall–Kier alpha value is -2.25. The zero-order chi connectivity index (χ0) is 18.5. The molecule has 7 nitrogen and oxygen atoms in total. The molecular formula is C19H25N3O4. The van der Waals surface area contributed by atoms with Crippen molar-refractivity contribution in [1.29, 1.82) is 0 Å². The zero-order valence-corrected chi connectivity index (χ0v) is 14.9. The third kappa shape index (κ3) is 4.28. The van der Waals surface area contributed by atoms with Crippen LogP contribution in [-0.4, -0.2) is 50.9 Å². The molecule has 0 amide bonds. The van der Waals surface area contributed by atoms with Crippen LogP contribution in [0, 0.1) is 11.8 Å². The van der Waals surface area contributed by atoms with Gasteiger partial charge in [0.1, 0.15) is 5.69 Å². The second-order valence-corrected chi connectivity index (χ2v) is 7.21. The first-order chi connectivity index (χ1) is 12.6. The molecule has 0 aromatic carbocycles. The fourth-order valence-electron chi connectivity index (χ4n) is 4.33. The highest BCUT2D eigenvalue weighted by Gasteiger charge is 2.42. The van der Waals surface area contributed by atoms with E-state index in [0.717, 1.165) is 36.4 Å². The van der Waals surface area contributed by atoms with Crippen molar-refractivity contribution in [2.45, 2.75) is 44.4 Å². The van der Waals surface area contributed by atoms with Gasteiger partial charge < -0.3 is 14.7 Å². The Bertz CT molecular complexity index is 692. The lowest BCUT2D eigenvalue weighted by molar-refractivity contribution is -0.122. The second kappa shape index (κ2) is 8.42. The summed E-state index contributed by atoms with van der Waals surface area (Å²) >= 11 is 0. The molecule has 0 bridgehead atoms. The summed E-state index contributed by atoms with van der Waals surface area (Å²) in [4.78, 5) is 14.8. The van der Waals surface area contributed by atoms with E-state index in [9.17, 15) is 5.11 Å². The van der Waals surface area contributed by atoms with E-state index in [2.05, 4.69) is 22.1 Å². The molecule has 0 aliphatic heterocycles. The van der Waals surface area contributed by atoms with Crippen LogP contribution in [0.25, 0.3) is 11.3 Å². The first-order valence-corrected chi connectivity index (χ1v) is 8.92. The van der Waals surface area contributed by atoms with Crippen molar-refractivity contribution >= 4 is 6.47 Å². The zero-order valence-electron chi connectivity index (χ0n) is 14.9. The Morgan fingerprint density at radius 1 is 1.23 bits per heavy atom. The molecule has 2 fully saturated rings. The van der Waals surface area contributed by atoms with Gasteiger partial charge in [0.2, 0.25) is 0 Å². The summed E-state index contributed by atoms with van der Waals surface area (Å²) in [6, 6.07) is 6.49. The smallest absolute Gasteiger partial charge is 0.290 e. The molecule has 2 N–H and O–H groups in total. The van der Waals surface area contributed by atoms with Crippen LogP contribution >= 0.6 is 0 Å². The summed E-state index contributed by atoms with van der Waals surface area (Å²) in [6.45, 7) is 0.532. The van der Waals surface area contributed by atoms with Crippen LogP contribution in [0.2, 0.25) is 0 Å². The Kier molecular flexibility index (Phi) is 6.00. The minimum atomic E-state index is -0.250. The summed E-state index contributed by atoms with van der Waals surface area (Å²) in [5.41, 5.74) is 1.89. The summed E-state index contributed by atoms with van der Waals surface area (Å²) in [5, 5.41) is 20.8. The fourth-order valence-corrected chi connectivity index (χ4v) is 4.33. The third-order valence-corrected chi connectivity index (χ3v) is 5.53. The molecule has 4 atom stereocenters. The summed E-state index contributed by atoms with van der Waals surface area (Å²) in [5.74, 6) is 2.32. The Labute approximate surface area is 152 Å². The molecule has 7 heteroatoms. The van der Waals surface area contributed by atoms with E-state index in [1.807, 2.05) is 18.2 Å². The van der Waals surface area contributed by atoms with E-state index < -0.39 is 0 Å². The van der Waals surface area contributed by atoms with E-state index in [-0.39, 0.29) is 12.6 Å². The number of hydrogen-bond acceptors (Lipinski definition) is 6. The molecule has 2 aromatic heterocycles. The fraction of sp³-hybridized carbons (Fsp3) is 0.526. The van der Waals surface area contributed by atoms with Gasteiger partial charge in [-0.1, -0.05) is 5.16 Å². The number of carbonyl (C=O) groups is 1. The molecule has 2 unspecified atom stereocenters. The largest absolute Gasteiger partial charge is 0.483 e. The molecule has 0 spiro atoms. The molecule has 140 valence electrons. The first kappa shape index (κ1) is 18.5. The number of nitrogens with zero attached hydrogens (tertiary/aromatic N) is 3. The van der Waals surface area contributed by atoms with Crippen LogP contribution in [-0.2, 0) is 11.3 Å². The van der Waals surface area contributed by atoms with Crippen LogP contribution in [0.15, 0.2) is 35.1 Å². The molecule has 0 saturated heterocycles. The van der Waals surface area contributed by atoms with Gasteiger partial charge in [0.05, 0.1) is 12.6 Å². The van der Waals surface area contributed by atoms with Crippen molar-refractivity contribution < 1.29 is 19.5 Å². The quantitative estimate of drug-likeness (QED) is 0.809. The van der Waals surface area contributed by atoms with E-state index in [0.29, 0.717) is 17.9 Å². The van der Waals surface area contributed by atoms with Gasteiger partial charge in [0.15, 0.2) is 5.76 Å². The number of fused-ring (bicyclic) bond motifs is 1. The Morgan fingerprint density at radius 3 is 2.46 bits per heavy atom. The number of carboxylic acid groups (broad SMARTS) is 1. The lowest BCUT2D eigenvalue weighted by Crippen LogP contribution is -2.29. The Balaban J connectivity index is 0.000000613. The average Bonchev–Trinajstić information content (AvgIpc) is 3.31. The standard InChI is InChI=1S/C18H23N3O2.CH2O2/c1-21(15-6-13-8-16(22)9-14(13)7-15)11-17-10-18(20-23-17)12-2-4-19-5-3-12;2-1-3/h2-5,10,13-16,22H,6-9,11H2,1H3;1H,(H,2,3)/t13-,14+,15?,16?;. The van der Waals surface area contributed by atoms with Crippen LogP contribution in [0.4, 0.5) is 0 Å². The van der Waals surface area contributed by atoms with Crippen molar-refractivity contribution in [3.05, 3.63) is 36.4 Å². The van der Waals surface area contributed by atoms with Crippen molar-refractivity contribution in [3.8, 4) is 11.3 Å². The van der Waals surface area contributed by atoms with Gasteiger partial charge in [-0.05, 0) is 56.7 Å². The normalized spacial score (nSPS) is 27.0. The number of pyridine rings is 1. The summed E-state index contributed by atoms with van der Waals surface area (Å²) < 4.78 is 5.51. The highest BCUT2D eigenvalue weighted by Crippen LogP contribution is 2.45. The SMILES string of the molecule is CN(Cc1cc(-c2ccncc2)no1)C1C[C@H]2CC(O)C[C@H]2C1.O=CO. The topological polar surface area (TPSA) is 99.7 Å². The number of aromatic nitrogens is 2. The molecule has 4 rings (SSSR count). The maximum Gasteiger partial charge on any atom is 0.290 e. The van der Waals surface area contributed by atoms with Crippen molar-refractivity contribution in [1.82, 2.24) is 15.0 Å². The third-order valence-electron chi connectivity index (χ3n) is 5.53. The highest BCUT2D eigenvalue weighted by molar-refractivity contribution is 5.57. The number of rotatable bonds is 4. The van der Waals surface area contributed by atoms with Crippen LogP contribution in [0.5, 0.6) is 0 Å². The van der Waals surface area contributed by atoms with Gasteiger partial charge in [-0.15, -0.1) is 0 Å². The minimum absolute atomic E-state index is 0.0616. The van der Waals surface area contributed by atoms with Crippen molar-refractivity contribution in [2.24, 2.45) is 11.8 Å². The summed E-state index contributed by atoms with van der Waals surface area (Å²) in [7, 11) is 2.16. The Morgan fingerprint density at radius 2 is 1.85 bits per heavy atom.